The summed E-state index contributed by atoms with van der Waals surface area (Å²) in [4.78, 5) is 0. The van der Waals surface area contributed by atoms with E-state index in [1.165, 1.54) is 6.07 Å². The molecule has 48 heavy (non-hydrogen) atoms. The monoisotopic (exact) mass is 716 g/mol. The first-order chi connectivity index (χ1) is 23.1. The van der Waals surface area contributed by atoms with Gasteiger partial charge in [0.2, 0.25) is 0 Å². The van der Waals surface area contributed by atoms with Crippen LogP contribution < -0.4 is 20.1 Å². The number of unbranched alkanes of at least 4 members (excludes halogenated alkanes) is 2. The van der Waals surface area contributed by atoms with Crippen LogP contribution in [0, 0.1) is 11.8 Å². The van der Waals surface area contributed by atoms with Gasteiger partial charge >= 0.3 is 6.29 Å². The highest BCUT2D eigenvalue weighted by Gasteiger charge is 2.49. The van der Waals surface area contributed by atoms with Gasteiger partial charge in [0.15, 0.2) is 11.5 Å². The number of para-hydroxylation sites is 1. The molecular weight excluding hydrogens is 665 g/mol. The lowest BCUT2D eigenvalue weighted by Crippen LogP contribution is -2.44. The summed E-state index contributed by atoms with van der Waals surface area (Å²) in [6, 6.07) is 10.3. The van der Waals surface area contributed by atoms with Gasteiger partial charge in [0.25, 0.3) is 0 Å². The van der Waals surface area contributed by atoms with Crippen molar-refractivity contribution >= 4 is 23.2 Å². The second-order valence-corrected chi connectivity index (χ2v) is 13.7. The summed E-state index contributed by atoms with van der Waals surface area (Å²) in [6.07, 6.45) is 4.62. The first kappa shape index (κ1) is 39.0. The molecule has 0 unspecified atom stereocenters. The highest BCUT2D eigenvalue weighted by Crippen LogP contribution is 2.50. The molecule has 0 amide bonds. The molecule has 3 heterocycles. The number of halogens is 4. The van der Waals surface area contributed by atoms with Crippen molar-refractivity contribution in [1.82, 2.24) is 10.6 Å². The van der Waals surface area contributed by atoms with Gasteiger partial charge in [0, 0.05) is 63.0 Å². The highest BCUT2D eigenvalue weighted by atomic mass is 35.5. The van der Waals surface area contributed by atoms with Gasteiger partial charge in [-0.25, -0.2) is 0 Å². The molecule has 3 aliphatic heterocycles. The topological polar surface area (TPSA) is 101 Å². The number of hydrogen-bond donors (Lipinski definition) is 4. The summed E-state index contributed by atoms with van der Waals surface area (Å²) in [6.45, 7) is 7.43. The van der Waals surface area contributed by atoms with Crippen LogP contribution in [0.3, 0.4) is 0 Å². The van der Waals surface area contributed by atoms with Crippen molar-refractivity contribution in [1.29, 1.82) is 0 Å². The molecule has 2 aromatic carbocycles. The molecule has 0 radical (unpaired) electrons. The number of methoxy groups -OCH3 is 1. The lowest BCUT2D eigenvalue weighted by atomic mass is 9.74. The fourth-order valence-corrected chi connectivity index (χ4v) is 7.63. The molecule has 2 saturated heterocycles. The zero-order chi connectivity index (χ0) is 34.6. The molecule has 5 rings (SSSR count). The number of ether oxygens (including phenoxy) is 4. The van der Waals surface area contributed by atoms with E-state index >= 15 is 0 Å². The largest absolute Gasteiger partial charge is 0.586 e. The van der Waals surface area contributed by atoms with Crippen LogP contribution in [0.4, 0.5) is 8.78 Å². The normalized spacial score (nSPS) is 22.7. The standard InChI is InChI=1S/C18H27Cl2NO2.C18H25F2NO4/c1-2-23-12-4-3-10-18(22,14-7-6-11-21-13-14)15-8-5-9-16(19)17(15)20;1-23-11-3-2-9-17(22,13-6-5-10-21-12-13)14-7-4-8-15-16(14)25-18(19,20)24-15/h5,8-9,14,21-22H,2-4,6-7,10-13H2,1H3;4,7-8,13,21-22H,2-3,5-6,9-12H2,1H3/t14-,18+;13-,17+/m11/s1. The summed E-state index contributed by atoms with van der Waals surface area (Å²) >= 11 is 12.6. The lowest BCUT2D eigenvalue weighted by molar-refractivity contribution is -0.287. The van der Waals surface area contributed by atoms with Crippen molar-refractivity contribution in [3.8, 4) is 11.5 Å². The fourth-order valence-electron chi connectivity index (χ4n) is 7.17. The maximum atomic E-state index is 13.5. The Morgan fingerprint density at radius 2 is 1.44 bits per heavy atom. The molecule has 0 aliphatic carbocycles. The maximum absolute atomic E-state index is 13.5. The van der Waals surface area contributed by atoms with Crippen molar-refractivity contribution in [3.05, 3.63) is 57.6 Å². The Hall–Kier alpha value is -1.76. The Labute approximate surface area is 293 Å². The van der Waals surface area contributed by atoms with Crippen LogP contribution in [-0.2, 0) is 20.7 Å². The molecule has 4 N–H and O–H groups in total. The molecular formula is C36H52Cl2F2N2O6. The number of rotatable bonds is 15. The molecule has 2 fully saturated rings. The van der Waals surface area contributed by atoms with Crippen LogP contribution in [-0.4, -0.2) is 69.6 Å². The minimum atomic E-state index is -3.69. The predicted octanol–water partition coefficient (Wildman–Crippen LogP) is 7.40. The Balaban J connectivity index is 0.000000218. The van der Waals surface area contributed by atoms with Crippen LogP contribution in [0.15, 0.2) is 36.4 Å². The van der Waals surface area contributed by atoms with E-state index in [1.807, 2.05) is 19.1 Å². The Kier molecular flexibility index (Phi) is 15.0. The van der Waals surface area contributed by atoms with Crippen LogP contribution in [0.25, 0.3) is 0 Å². The molecule has 0 saturated carbocycles. The smallest absolute Gasteiger partial charge is 0.395 e. The number of benzene rings is 2. The third-order valence-corrected chi connectivity index (χ3v) is 10.5. The average Bonchev–Trinajstić information content (AvgIpc) is 3.42. The summed E-state index contributed by atoms with van der Waals surface area (Å²) in [5, 5.41) is 30.8. The summed E-state index contributed by atoms with van der Waals surface area (Å²) in [5.74, 6) is 0.00123. The third-order valence-electron chi connectivity index (χ3n) is 9.71. The average molecular weight is 718 g/mol. The molecule has 270 valence electrons. The van der Waals surface area contributed by atoms with Crippen LogP contribution in [0.2, 0.25) is 10.0 Å². The molecule has 3 aliphatic rings. The highest BCUT2D eigenvalue weighted by molar-refractivity contribution is 6.42. The van der Waals surface area contributed by atoms with Gasteiger partial charge in [-0.15, -0.1) is 8.78 Å². The van der Waals surface area contributed by atoms with E-state index in [0.717, 1.165) is 89.8 Å². The van der Waals surface area contributed by atoms with Gasteiger partial charge in [-0.1, -0.05) is 47.5 Å². The summed E-state index contributed by atoms with van der Waals surface area (Å²) in [7, 11) is 1.63. The molecule has 12 heteroatoms. The molecule has 0 aromatic heterocycles. The van der Waals surface area contributed by atoms with Gasteiger partial charge in [-0.3, -0.25) is 0 Å². The zero-order valence-electron chi connectivity index (χ0n) is 28.2. The Morgan fingerprint density at radius 1 is 0.854 bits per heavy atom. The van der Waals surface area contributed by atoms with E-state index in [2.05, 4.69) is 15.4 Å². The second kappa shape index (κ2) is 18.5. The predicted molar refractivity (Wildman–Crippen MR) is 184 cm³/mol. The number of hydrogen-bond acceptors (Lipinski definition) is 8. The van der Waals surface area contributed by atoms with Crippen molar-refractivity contribution in [2.75, 3.05) is 53.1 Å². The minimum Gasteiger partial charge on any atom is -0.395 e. The van der Waals surface area contributed by atoms with E-state index in [-0.39, 0.29) is 23.3 Å². The van der Waals surface area contributed by atoms with Crippen LogP contribution in [0.5, 0.6) is 11.5 Å². The van der Waals surface area contributed by atoms with Crippen molar-refractivity contribution in [2.45, 2.75) is 88.6 Å². The van der Waals surface area contributed by atoms with Gasteiger partial charge < -0.3 is 39.8 Å². The minimum absolute atomic E-state index is 0.0263. The van der Waals surface area contributed by atoms with E-state index in [9.17, 15) is 19.0 Å². The van der Waals surface area contributed by atoms with Crippen LogP contribution >= 0.6 is 23.2 Å². The number of piperidine rings is 2. The van der Waals surface area contributed by atoms with Crippen molar-refractivity contribution in [2.24, 2.45) is 11.8 Å². The number of fused-ring (bicyclic) bond motifs is 1. The maximum Gasteiger partial charge on any atom is 0.586 e. The second-order valence-electron chi connectivity index (χ2n) is 12.9. The molecule has 8 nitrogen and oxygen atoms in total. The third kappa shape index (κ3) is 9.94. The SMILES string of the molecule is CCOCCCC[C@@](O)(c1cccc(Cl)c1Cl)[C@@H]1CCCNC1.COCCCC[C@@](O)(c1cccc2c1OC(F)(F)O2)[C@@H]1CCCNC1. The van der Waals surface area contributed by atoms with Crippen molar-refractivity contribution in [3.63, 3.8) is 0 Å². The Morgan fingerprint density at radius 3 is 2.02 bits per heavy atom. The first-order valence-electron chi connectivity index (χ1n) is 17.3. The first-order valence-corrected chi connectivity index (χ1v) is 18.1. The van der Waals surface area contributed by atoms with Crippen LogP contribution in [0.1, 0.15) is 82.3 Å². The summed E-state index contributed by atoms with van der Waals surface area (Å²) in [5.41, 5.74) is -1.05. The van der Waals surface area contributed by atoms with E-state index in [4.69, 9.17) is 37.4 Å². The number of nitrogens with one attached hydrogen (secondary N) is 2. The zero-order valence-corrected chi connectivity index (χ0v) is 29.7. The van der Waals surface area contributed by atoms with E-state index in [0.29, 0.717) is 41.6 Å². The van der Waals surface area contributed by atoms with E-state index in [1.54, 1.807) is 25.3 Å². The van der Waals surface area contributed by atoms with E-state index < -0.39 is 17.5 Å². The van der Waals surface area contributed by atoms with Gasteiger partial charge in [0.05, 0.1) is 21.2 Å². The van der Waals surface area contributed by atoms with Crippen molar-refractivity contribution < 1.29 is 37.9 Å². The van der Waals surface area contributed by atoms with Gasteiger partial charge in [-0.2, -0.15) is 0 Å². The molecule has 0 bridgehead atoms. The lowest BCUT2D eigenvalue weighted by Gasteiger charge is -2.40. The number of alkyl halides is 2. The van der Waals surface area contributed by atoms with Gasteiger partial charge in [-0.05, 0) is 96.4 Å². The summed E-state index contributed by atoms with van der Waals surface area (Å²) < 4.78 is 46.8. The molecule has 0 spiro atoms. The van der Waals surface area contributed by atoms with Gasteiger partial charge in [0.1, 0.15) is 0 Å². The quantitative estimate of drug-likeness (QED) is 0.142. The number of aliphatic hydroxyl groups is 2. The molecule has 4 atom stereocenters. The molecule has 2 aromatic rings. The fraction of sp³-hybridized carbons (Fsp3) is 0.667. The Bertz CT molecular complexity index is 1280.